The molecule has 0 aliphatic carbocycles. The van der Waals surface area contributed by atoms with Crippen LogP contribution >= 0.6 is 11.6 Å². The third-order valence-electron chi connectivity index (χ3n) is 5.49. The minimum atomic E-state index is -3.96. The first-order valence-electron chi connectivity index (χ1n) is 10.9. The fraction of sp³-hybridized carbons (Fsp3) is 0.240. The molecular weight excluding hydrogens is 492 g/mol. The summed E-state index contributed by atoms with van der Waals surface area (Å²) in [5, 5.41) is 3.34. The van der Waals surface area contributed by atoms with Crippen LogP contribution in [0.2, 0.25) is 5.02 Å². The average Bonchev–Trinajstić information content (AvgIpc) is 2.87. The number of benzene rings is 3. The van der Waals surface area contributed by atoms with Gasteiger partial charge in [0.25, 0.3) is 15.9 Å². The molecule has 3 aromatic rings. The van der Waals surface area contributed by atoms with Crippen LogP contribution < -0.4 is 23.8 Å². The number of aryl methyl sites for hydroxylation is 1. The lowest BCUT2D eigenvalue weighted by atomic mass is 10.2. The molecule has 3 aromatic carbocycles. The predicted molar refractivity (Wildman–Crippen MR) is 133 cm³/mol. The second-order valence-electron chi connectivity index (χ2n) is 7.84. The number of rotatable bonds is 8. The third-order valence-corrected chi connectivity index (χ3v) is 7.69. The van der Waals surface area contributed by atoms with Crippen molar-refractivity contribution >= 4 is 33.2 Å². The quantitative estimate of drug-likeness (QED) is 0.458. The van der Waals surface area contributed by atoms with Crippen LogP contribution in [0.1, 0.15) is 5.56 Å². The minimum Gasteiger partial charge on any atom is -0.497 e. The SMILES string of the molecule is COc1ccc(S(=O)(=O)N2CC(C(=O)NCCOc3ccc(C)c(Cl)c3)Oc3ccccc32)cc1. The highest BCUT2D eigenvalue weighted by molar-refractivity contribution is 7.92. The Balaban J connectivity index is 1.45. The number of ether oxygens (including phenoxy) is 3. The van der Waals surface area contributed by atoms with Gasteiger partial charge in [-0.2, -0.15) is 0 Å². The second-order valence-corrected chi connectivity index (χ2v) is 10.1. The molecule has 0 fully saturated rings. The van der Waals surface area contributed by atoms with Gasteiger partial charge in [-0.3, -0.25) is 9.10 Å². The van der Waals surface area contributed by atoms with E-state index in [1.807, 2.05) is 13.0 Å². The van der Waals surface area contributed by atoms with E-state index in [9.17, 15) is 13.2 Å². The lowest BCUT2D eigenvalue weighted by Crippen LogP contribution is -2.51. The summed E-state index contributed by atoms with van der Waals surface area (Å²) in [6, 6.07) is 18.2. The summed E-state index contributed by atoms with van der Waals surface area (Å²) in [4.78, 5) is 12.9. The number of anilines is 1. The molecular formula is C25H25ClN2O6S. The number of fused-ring (bicyclic) bond motifs is 1. The number of hydrogen-bond acceptors (Lipinski definition) is 6. The van der Waals surface area contributed by atoms with Crippen molar-refractivity contribution in [2.45, 2.75) is 17.9 Å². The number of sulfonamides is 1. The molecule has 8 nitrogen and oxygen atoms in total. The highest BCUT2D eigenvalue weighted by Crippen LogP contribution is 2.37. The fourth-order valence-electron chi connectivity index (χ4n) is 3.56. The first-order valence-corrected chi connectivity index (χ1v) is 12.7. The summed E-state index contributed by atoms with van der Waals surface area (Å²) in [5.41, 5.74) is 1.31. The Morgan fingerprint density at radius 2 is 1.83 bits per heavy atom. The van der Waals surface area contributed by atoms with Crippen LogP contribution in [0, 0.1) is 6.92 Å². The molecule has 0 bridgehead atoms. The van der Waals surface area contributed by atoms with Crippen LogP contribution in [0.5, 0.6) is 17.2 Å². The largest absolute Gasteiger partial charge is 0.497 e. The van der Waals surface area contributed by atoms with E-state index in [1.54, 1.807) is 48.5 Å². The highest BCUT2D eigenvalue weighted by Gasteiger charge is 2.37. The number of methoxy groups -OCH3 is 1. The molecule has 0 aromatic heterocycles. The van der Waals surface area contributed by atoms with E-state index < -0.39 is 22.0 Å². The monoisotopic (exact) mass is 516 g/mol. The molecule has 0 radical (unpaired) electrons. The van der Waals surface area contributed by atoms with Crippen LogP contribution in [-0.2, 0) is 14.8 Å². The molecule has 1 atom stereocenters. The van der Waals surface area contributed by atoms with Gasteiger partial charge in [-0.15, -0.1) is 0 Å². The molecule has 1 heterocycles. The molecule has 1 N–H and O–H groups in total. The highest BCUT2D eigenvalue weighted by atomic mass is 35.5. The summed E-state index contributed by atoms with van der Waals surface area (Å²) in [5.74, 6) is 0.995. The summed E-state index contributed by atoms with van der Waals surface area (Å²) >= 11 is 6.10. The maximum absolute atomic E-state index is 13.5. The molecule has 35 heavy (non-hydrogen) atoms. The standard InChI is InChI=1S/C25H25ClN2O6S/c1-17-7-8-19(15-21(17)26)33-14-13-27-25(29)24-16-28(22-5-3-4-6-23(22)34-24)35(30,31)20-11-9-18(32-2)10-12-20/h3-12,15,24H,13-14,16H2,1-2H3,(H,27,29). The molecule has 1 unspecified atom stereocenters. The van der Waals surface area contributed by atoms with E-state index in [0.717, 1.165) is 5.56 Å². The van der Waals surface area contributed by atoms with Crippen LogP contribution in [0.15, 0.2) is 71.6 Å². The summed E-state index contributed by atoms with van der Waals surface area (Å²) in [7, 11) is -2.45. The Bertz CT molecular complexity index is 1310. The number of nitrogens with zero attached hydrogens (tertiary/aromatic N) is 1. The molecule has 1 aliphatic heterocycles. The van der Waals surface area contributed by atoms with E-state index in [0.29, 0.717) is 28.0 Å². The lowest BCUT2D eigenvalue weighted by molar-refractivity contribution is -0.127. The Kier molecular flexibility index (Phi) is 7.37. The number of para-hydroxylation sites is 2. The maximum Gasteiger partial charge on any atom is 0.264 e. The number of amides is 1. The van der Waals surface area contributed by atoms with E-state index >= 15 is 0 Å². The van der Waals surface area contributed by atoms with E-state index in [4.69, 9.17) is 25.8 Å². The van der Waals surface area contributed by atoms with Crippen molar-refractivity contribution < 1.29 is 27.4 Å². The maximum atomic E-state index is 13.5. The van der Waals surface area contributed by atoms with Crippen molar-refractivity contribution in [3.05, 3.63) is 77.3 Å². The van der Waals surface area contributed by atoms with Crippen molar-refractivity contribution in [1.29, 1.82) is 0 Å². The van der Waals surface area contributed by atoms with Crippen molar-refractivity contribution in [3.63, 3.8) is 0 Å². The number of hydrogen-bond donors (Lipinski definition) is 1. The van der Waals surface area contributed by atoms with Crippen molar-refractivity contribution in [2.75, 3.05) is 31.1 Å². The molecule has 1 amide bonds. The zero-order chi connectivity index (χ0) is 25.0. The van der Waals surface area contributed by atoms with Gasteiger partial charge in [0.05, 0.1) is 30.8 Å². The van der Waals surface area contributed by atoms with Gasteiger partial charge in [0.1, 0.15) is 23.9 Å². The Morgan fingerprint density at radius 3 is 2.54 bits per heavy atom. The normalized spacial score (nSPS) is 15.1. The van der Waals surface area contributed by atoms with Crippen LogP contribution in [0.3, 0.4) is 0 Å². The lowest BCUT2D eigenvalue weighted by Gasteiger charge is -2.34. The zero-order valence-electron chi connectivity index (χ0n) is 19.2. The van der Waals surface area contributed by atoms with Gasteiger partial charge in [0.15, 0.2) is 6.10 Å². The summed E-state index contributed by atoms with van der Waals surface area (Å²) in [6.07, 6.45) is -1.04. The first-order chi connectivity index (χ1) is 16.8. The van der Waals surface area contributed by atoms with Crippen LogP contribution in [0.25, 0.3) is 0 Å². The topological polar surface area (TPSA) is 94.2 Å². The van der Waals surface area contributed by atoms with Crippen molar-refractivity contribution in [1.82, 2.24) is 5.32 Å². The number of carbonyl (C=O) groups is 1. The van der Waals surface area contributed by atoms with Gasteiger partial charge in [-0.25, -0.2) is 8.42 Å². The van der Waals surface area contributed by atoms with Crippen LogP contribution in [-0.4, -0.2) is 47.2 Å². The van der Waals surface area contributed by atoms with Gasteiger partial charge in [0, 0.05) is 5.02 Å². The van der Waals surface area contributed by atoms with E-state index in [-0.39, 0.29) is 24.6 Å². The Hall–Kier alpha value is -3.43. The third kappa shape index (κ3) is 5.47. The average molecular weight is 517 g/mol. The minimum absolute atomic E-state index is 0.0827. The summed E-state index contributed by atoms with van der Waals surface area (Å²) in [6.45, 7) is 2.14. The smallest absolute Gasteiger partial charge is 0.264 e. The molecule has 4 rings (SSSR count). The van der Waals surface area contributed by atoms with Crippen LogP contribution in [0.4, 0.5) is 5.69 Å². The van der Waals surface area contributed by atoms with E-state index in [1.165, 1.54) is 23.5 Å². The van der Waals surface area contributed by atoms with Gasteiger partial charge in [-0.05, 0) is 61.0 Å². The molecule has 1 aliphatic rings. The number of halogens is 1. The zero-order valence-corrected chi connectivity index (χ0v) is 20.8. The van der Waals surface area contributed by atoms with Crippen molar-refractivity contribution in [2.24, 2.45) is 0 Å². The van der Waals surface area contributed by atoms with Gasteiger partial charge in [-0.1, -0.05) is 29.8 Å². The number of carbonyl (C=O) groups excluding carboxylic acids is 1. The molecule has 0 spiro atoms. The summed E-state index contributed by atoms with van der Waals surface area (Å²) < 4.78 is 44.7. The van der Waals surface area contributed by atoms with Gasteiger partial charge in [0.2, 0.25) is 0 Å². The first kappa shape index (κ1) is 24.7. The van der Waals surface area contributed by atoms with Gasteiger partial charge >= 0.3 is 0 Å². The fourth-order valence-corrected chi connectivity index (χ4v) is 5.21. The predicted octanol–water partition coefficient (Wildman–Crippen LogP) is 3.81. The van der Waals surface area contributed by atoms with Gasteiger partial charge < -0.3 is 19.5 Å². The number of nitrogens with one attached hydrogen (secondary N) is 1. The molecule has 184 valence electrons. The Labute approximate surface area is 209 Å². The molecule has 0 saturated carbocycles. The molecule has 0 saturated heterocycles. The Morgan fingerprint density at radius 1 is 1.11 bits per heavy atom. The van der Waals surface area contributed by atoms with Crippen molar-refractivity contribution in [3.8, 4) is 17.2 Å². The molecule has 10 heteroatoms. The second kappa shape index (κ2) is 10.5. The van der Waals surface area contributed by atoms with E-state index in [2.05, 4.69) is 5.32 Å².